The van der Waals surface area contributed by atoms with Gasteiger partial charge in [-0.05, 0) is 12.3 Å². The van der Waals surface area contributed by atoms with Gasteiger partial charge in [-0.2, -0.15) is 0 Å². The largest absolute Gasteiger partial charge is 0.477 e. The molecule has 0 N–H and O–H groups in total. The number of alkyl halides is 1. The number of nitrogens with zero attached hydrogens (tertiary/aromatic N) is 2. The van der Waals surface area contributed by atoms with Crippen LogP contribution in [0.5, 0.6) is 5.88 Å². The fourth-order valence-electron chi connectivity index (χ4n) is 1.20. The molecule has 1 atom stereocenters. The van der Waals surface area contributed by atoms with Crippen molar-refractivity contribution in [2.24, 2.45) is 5.92 Å². The predicted molar refractivity (Wildman–Crippen MR) is 66.0 cm³/mol. The Hall–Kier alpha value is -0.830. The van der Waals surface area contributed by atoms with Crippen LogP contribution in [0.1, 0.15) is 32.9 Å². The summed E-state index contributed by atoms with van der Waals surface area (Å²) in [6.45, 7) is 6.93. The van der Waals surface area contributed by atoms with Crippen LogP contribution in [-0.4, -0.2) is 22.0 Å². The maximum absolute atomic E-state index is 6.20. The maximum Gasteiger partial charge on any atom is 0.232 e. The van der Waals surface area contributed by atoms with Gasteiger partial charge in [-0.15, -0.1) is 11.6 Å². The van der Waals surface area contributed by atoms with Gasteiger partial charge in [0.1, 0.15) is 0 Å². The Labute approximate surface area is 102 Å². The lowest BCUT2D eigenvalue weighted by Crippen LogP contribution is -2.12. The number of hydrogen-bond acceptors (Lipinski definition) is 3. The highest BCUT2D eigenvalue weighted by atomic mass is 35.5. The topological polar surface area (TPSA) is 35.0 Å². The summed E-state index contributed by atoms with van der Waals surface area (Å²) >= 11 is 6.20. The molecule has 4 heteroatoms. The lowest BCUT2D eigenvalue weighted by Gasteiger charge is -2.12. The second-order valence-electron chi connectivity index (χ2n) is 4.16. The molecular weight excluding hydrogens is 224 g/mol. The van der Waals surface area contributed by atoms with E-state index in [1.165, 1.54) is 0 Å². The molecule has 0 aliphatic carbocycles. The minimum Gasteiger partial charge on any atom is -0.477 e. The van der Waals surface area contributed by atoms with Crippen LogP contribution in [0.4, 0.5) is 0 Å². The van der Waals surface area contributed by atoms with E-state index in [0.29, 0.717) is 18.4 Å². The average molecular weight is 243 g/mol. The average Bonchev–Trinajstić information content (AvgIpc) is 2.26. The summed E-state index contributed by atoms with van der Waals surface area (Å²) in [6.07, 6.45) is 5.08. The number of hydrogen-bond donors (Lipinski definition) is 0. The van der Waals surface area contributed by atoms with Crippen molar-refractivity contribution in [2.75, 3.05) is 6.61 Å². The number of ether oxygens (including phenoxy) is 1. The molecule has 0 aliphatic rings. The minimum absolute atomic E-state index is 0.0933. The van der Waals surface area contributed by atoms with E-state index in [1.54, 1.807) is 12.4 Å². The van der Waals surface area contributed by atoms with Gasteiger partial charge in [0.2, 0.25) is 5.88 Å². The third-order valence-corrected chi connectivity index (χ3v) is 2.90. The fourth-order valence-corrected chi connectivity index (χ4v) is 1.35. The molecular formula is C12H19ClN2O. The zero-order valence-corrected chi connectivity index (χ0v) is 10.9. The molecule has 16 heavy (non-hydrogen) atoms. The Morgan fingerprint density at radius 1 is 1.38 bits per heavy atom. The van der Waals surface area contributed by atoms with Crippen LogP contribution in [-0.2, 0) is 6.42 Å². The van der Waals surface area contributed by atoms with Gasteiger partial charge < -0.3 is 4.74 Å². The van der Waals surface area contributed by atoms with E-state index in [4.69, 9.17) is 16.3 Å². The van der Waals surface area contributed by atoms with Crippen molar-refractivity contribution in [1.29, 1.82) is 0 Å². The summed E-state index contributed by atoms with van der Waals surface area (Å²) in [5.41, 5.74) is 0.891. The Morgan fingerprint density at radius 2 is 2.12 bits per heavy atom. The molecule has 0 aliphatic heterocycles. The molecule has 0 saturated heterocycles. The van der Waals surface area contributed by atoms with Crippen LogP contribution in [0.3, 0.4) is 0 Å². The summed E-state index contributed by atoms with van der Waals surface area (Å²) in [6, 6.07) is 0. The molecule has 3 nitrogen and oxygen atoms in total. The molecule has 0 fully saturated rings. The van der Waals surface area contributed by atoms with Crippen LogP contribution in [0.25, 0.3) is 0 Å². The quantitative estimate of drug-likeness (QED) is 0.719. The van der Waals surface area contributed by atoms with Gasteiger partial charge in [0, 0.05) is 18.0 Å². The van der Waals surface area contributed by atoms with E-state index in [1.807, 2.05) is 0 Å². The van der Waals surface area contributed by atoms with Crippen molar-refractivity contribution in [3.05, 3.63) is 18.1 Å². The first kappa shape index (κ1) is 13.2. The molecule has 0 saturated carbocycles. The minimum atomic E-state index is 0.0933. The van der Waals surface area contributed by atoms with Crippen molar-refractivity contribution in [2.45, 2.75) is 39.0 Å². The van der Waals surface area contributed by atoms with Crippen molar-refractivity contribution in [3.63, 3.8) is 0 Å². The van der Waals surface area contributed by atoms with Gasteiger partial charge in [-0.3, -0.25) is 4.98 Å². The molecule has 1 aromatic heterocycles. The number of aromatic nitrogens is 2. The summed E-state index contributed by atoms with van der Waals surface area (Å²) in [5.74, 6) is 1.02. The molecule has 1 aromatic rings. The molecule has 1 rings (SSSR count). The van der Waals surface area contributed by atoms with Gasteiger partial charge in [-0.1, -0.05) is 20.8 Å². The van der Waals surface area contributed by atoms with Gasteiger partial charge in [-0.25, -0.2) is 4.98 Å². The highest BCUT2D eigenvalue weighted by Crippen LogP contribution is 2.15. The first-order valence-corrected chi connectivity index (χ1v) is 6.15. The van der Waals surface area contributed by atoms with Crippen LogP contribution >= 0.6 is 11.6 Å². The third-order valence-electron chi connectivity index (χ3n) is 2.24. The van der Waals surface area contributed by atoms with E-state index >= 15 is 0 Å². The van der Waals surface area contributed by atoms with E-state index in [0.717, 1.165) is 18.5 Å². The first-order valence-electron chi connectivity index (χ1n) is 5.71. The SMILES string of the molecule is CCCOc1cncc(CC(Cl)C(C)C)n1. The molecule has 1 heterocycles. The third kappa shape index (κ3) is 4.35. The standard InChI is InChI=1S/C12H19ClN2O/c1-4-5-16-12-8-14-7-10(15-12)6-11(13)9(2)3/h7-9,11H,4-6H2,1-3H3. The summed E-state index contributed by atoms with van der Waals surface area (Å²) in [4.78, 5) is 8.47. The molecule has 0 bridgehead atoms. The Morgan fingerprint density at radius 3 is 2.75 bits per heavy atom. The summed E-state index contributed by atoms with van der Waals surface area (Å²) < 4.78 is 5.42. The summed E-state index contributed by atoms with van der Waals surface area (Å²) in [7, 11) is 0. The summed E-state index contributed by atoms with van der Waals surface area (Å²) in [5, 5.41) is 0.0933. The molecule has 0 aromatic carbocycles. The second kappa shape index (κ2) is 6.69. The van der Waals surface area contributed by atoms with Gasteiger partial charge >= 0.3 is 0 Å². The van der Waals surface area contributed by atoms with E-state index in [9.17, 15) is 0 Å². The van der Waals surface area contributed by atoms with Crippen LogP contribution in [0.2, 0.25) is 0 Å². The zero-order chi connectivity index (χ0) is 12.0. The van der Waals surface area contributed by atoms with Gasteiger partial charge in [0.15, 0.2) is 0 Å². The van der Waals surface area contributed by atoms with E-state index in [2.05, 4.69) is 30.7 Å². The second-order valence-corrected chi connectivity index (χ2v) is 4.72. The highest BCUT2D eigenvalue weighted by molar-refractivity contribution is 6.20. The van der Waals surface area contributed by atoms with E-state index < -0.39 is 0 Å². The van der Waals surface area contributed by atoms with Crippen molar-refractivity contribution >= 4 is 11.6 Å². The normalized spacial score (nSPS) is 12.8. The van der Waals surface area contributed by atoms with Crippen LogP contribution in [0.15, 0.2) is 12.4 Å². The van der Waals surface area contributed by atoms with Crippen molar-refractivity contribution < 1.29 is 4.74 Å². The fraction of sp³-hybridized carbons (Fsp3) is 0.667. The van der Waals surface area contributed by atoms with Crippen LogP contribution < -0.4 is 4.74 Å². The molecule has 1 unspecified atom stereocenters. The van der Waals surface area contributed by atoms with Gasteiger partial charge in [0.25, 0.3) is 0 Å². The molecule has 90 valence electrons. The smallest absolute Gasteiger partial charge is 0.232 e. The highest BCUT2D eigenvalue weighted by Gasteiger charge is 2.12. The van der Waals surface area contributed by atoms with E-state index in [-0.39, 0.29) is 5.38 Å². The lowest BCUT2D eigenvalue weighted by molar-refractivity contribution is 0.302. The Bertz CT molecular complexity index is 318. The molecule has 0 spiro atoms. The zero-order valence-electron chi connectivity index (χ0n) is 10.1. The van der Waals surface area contributed by atoms with Gasteiger partial charge in [0.05, 0.1) is 18.5 Å². The monoisotopic (exact) mass is 242 g/mol. The number of halogens is 1. The molecule has 0 amide bonds. The van der Waals surface area contributed by atoms with Crippen molar-refractivity contribution in [3.8, 4) is 5.88 Å². The molecule has 0 radical (unpaired) electrons. The van der Waals surface area contributed by atoms with Crippen LogP contribution in [0, 0.1) is 5.92 Å². The maximum atomic E-state index is 6.20. The Balaban J connectivity index is 2.59. The number of rotatable bonds is 6. The lowest BCUT2D eigenvalue weighted by atomic mass is 10.1. The first-order chi connectivity index (χ1) is 7.63. The van der Waals surface area contributed by atoms with Crippen molar-refractivity contribution in [1.82, 2.24) is 9.97 Å². The predicted octanol–water partition coefficient (Wildman–Crippen LogP) is 3.07. The Kier molecular flexibility index (Phi) is 5.53.